The van der Waals surface area contributed by atoms with Gasteiger partial charge >= 0.3 is 5.69 Å². The Morgan fingerprint density at radius 2 is 1.73 bits per heavy atom. The van der Waals surface area contributed by atoms with Gasteiger partial charge < -0.3 is 9.88 Å². The molecule has 0 saturated carbocycles. The first kappa shape index (κ1) is 19.6. The molecule has 0 radical (unpaired) electrons. The van der Waals surface area contributed by atoms with Gasteiger partial charge in [0.2, 0.25) is 0 Å². The molecule has 4 aromatic rings. The van der Waals surface area contributed by atoms with E-state index < -0.39 is 17.2 Å². The molecule has 0 bridgehead atoms. The van der Waals surface area contributed by atoms with Crippen molar-refractivity contribution in [1.82, 2.24) is 28.9 Å². The van der Waals surface area contributed by atoms with E-state index >= 15 is 0 Å². The highest BCUT2D eigenvalue weighted by Crippen LogP contribution is 2.26. The molecule has 4 rings (SSSR count). The minimum atomic E-state index is -0.506. The van der Waals surface area contributed by atoms with E-state index in [4.69, 9.17) is 0 Å². The van der Waals surface area contributed by atoms with Crippen LogP contribution in [0.15, 0.2) is 62.4 Å². The number of benzene rings is 1. The predicted molar refractivity (Wildman–Crippen MR) is 112 cm³/mol. The molecule has 1 amide bonds. The summed E-state index contributed by atoms with van der Waals surface area (Å²) < 4.78 is 4.06. The number of nitrogens with one attached hydrogen (secondary N) is 1. The second kappa shape index (κ2) is 7.59. The summed E-state index contributed by atoms with van der Waals surface area (Å²) in [5.74, 6) is -0.446. The fourth-order valence-electron chi connectivity index (χ4n) is 2.85. The van der Waals surface area contributed by atoms with Crippen LogP contribution in [-0.4, -0.2) is 34.8 Å². The number of carbonyl (C=O) groups is 1. The zero-order valence-electron chi connectivity index (χ0n) is 16.4. The molecule has 0 atom stereocenters. The van der Waals surface area contributed by atoms with Crippen LogP contribution in [0.4, 0.5) is 5.69 Å². The van der Waals surface area contributed by atoms with Crippen molar-refractivity contribution in [2.75, 3.05) is 5.32 Å². The van der Waals surface area contributed by atoms with Crippen molar-refractivity contribution in [2.45, 2.75) is 10.1 Å². The monoisotopic (exact) mass is 423 g/mol. The number of carbonyl (C=O) groups excluding carboxylic acids is 1. The van der Waals surface area contributed by atoms with Crippen LogP contribution in [0.3, 0.4) is 0 Å². The first-order valence-corrected chi connectivity index (χ1v) is 9.67. The van der Waals surface area contributed by atoms with E-state index in [0.717, 1.165) is 14.6 Å². The lowest BCUT2D eigenvalue weighted by Crippen LogP contribution is -2.37. The summed E-state index contributed by atoms with van der Waals surface area (Å²) in [6, 6.07) is 10.2. The van der Waals surface area contributed by atoms with E-state index in [1.165, 1.54) is 42.6 Å². The number of hydrogen-bond donors (Lipinski definition) is 1. The summed E-state index contributed by atoms with van der Waals surface area (Å²) in [5, 5.41) is 11.6. The Morgan fingerprint density at radius 3 is 2.40 bits per heavy atom. The van der Waals surface area contributed by atoms with Gasteiger partial charge in [-0.3, -0.25) is 18.7 Å². The second-order valence-corrected chi connectivity index (χ2v) is 7.62. The van der Waals surface area contributed by atoms with E-state index in [1.54, 1.807) is 18.5 Å². The number of aromatic nitrogens is 6. The number of fused-ring (bicyclic) bond motifs is 1. The highest BCUT2D eigenvalue weighted by molar-refractivity contribution is 7.99. The number of amides is 1. The molecule has 1 N–H and O–H groups in total. The number of pyridine rings is 1. The van der Waals surface area contributed by atoms with Crippen LogP contribution in [0.25, 0.3) is 11.0 Å². The molecule has 152 valence electrons. The van der Waals surface area contributed by atoms with Gasteiger partial charge in [-0.15, -0.1) is 10.2 Å². The van der Waals surface area contributed by atoms with E-state index in [0.29, 0.717) is 5.69 Å². The number of hydrogen-bond acceptors (Lipinski definition) is 7. The summed E-state index contributed by atoms with van der Waals surface area (Å²) in [5.41, 5.74) is -0.117. The van der Waals surface area contributed by atoms with Gasteiger partial charge in [0.25, 0.3) is 11.5 Å². The van der Waals surface area contributed by atoms with E-state index in [-0.39, 0.29) is 16.7 Å². The molecular weight excluding hydrogens is 406 g/mol. The van der Waals surface area contributed by atoms with Gasteiger partial charge in [0.1, 0.15) is 17.7 Å². The van der Waals surface area contributed by atoms with Crippen LogP contribution < -0.4 is 16.6 Å². The lowest BCUT2D eigenvalue weighted by Gasteiger charge is -2.09. The molecule has 0 unspecified atom stereocenters. The molecule has 0 aliphatic carbocycles. The van der Waals surface area contributed by atoms with Crippen molar-refractivity contribution < 1.29 is 4.79 Å². The van der Waals surface area contributed by atoms with Crippen molar-refractivity contribution in [1.29, 1.82) is 0 Å². The smallest absolute Gasteiger partial charge is 0.321 e. The molecule has 0 saturated heterocycles. The van der Waals surface area contributed by atoms with Crippen LogP contribution in [0.5, 0.6) is 0 Å². The second-order valence-electron chi connectivity index (χ2n) is 6.58. The van der Waals surface area contributed by atoms with Crippen LogP contribution in [0.1, 0.15) is 10.5 Å². The minimum Gasteiger partial charge on any atom is -0.321 e. The maximum atomic E-state index is 12.6. The average Bonchev–Trinajstić information content (AvgIpc) is 3.16. The van der Waals surface area contributed by atoms with Crippen LogP contribution >= 0.6 is 11.8 Å². The molecule has 30 heavy (non-hydrogen) atoms. The van der Waals surface area contributed by atoms with Gasteiger partial charge in [0.05, 0.1) is 5.39 Å². The summed E-state index contributed by atoms with van der Waals surface area (Å²) in [7, 11) is 4.77. The topological polar surface area (TPSA) is 117 Å². The molecule has 0 spiro atoms. The third kappa shape index (κ3) is 3.50. The van der Waals surface area contributed by atoms with Crippen molar-refractivity contribution in [3.05, 3.63) is 69.3 Å². The zero-order chi connectivity index (χ0) is 21.4. The minimum absolute atomic E-state index is 0.100. The summed E-state index contributed by atoms with van der Waals surface area (Å²) in [4.78, 5) is 42.1. The SMILES string of the molecule is Cn1cnnc1Sc1ccc(NC(=O)c2ccc3c(=O)n(C)c(=O)n(C)c3n2)cc1. The van der Waals surface area contributed by atoms with Gasteiger partial charge in [-0.2, -0.15) is 0 Å². The molecule has 3 heterocycles. The number of aryl methyl sites for hydroxylation is 2. The Morgan fingerprint density at radius 1 is 1.00 bits per heavy atom. The van der Waals surface area contributed by atoms with Crippen molar-refractivity contribution in [3.63, 3.8) is 0 Å². The molecule has 0 fully saturated rings. The molecule has 0 aliphatic heterocycles. The first-order chi connectivity index (χ1) is 14.3. The fourth-order valence-corrected chi connectivity index (χ4v) is 3.61. The van der Waals surface area contributed by atoms with Gasteiger partial charge in [0.15, 0.2) is 5.16 Å². The molecular formula is C19H17N7O3S. The number of nitrogens with zero attached hydrogens (tertiary/aromatic N) is 6. The van der Waals surface area contributed by atoms with Crippen LogP contribution in [0, 0.1) is 0 Å². The molecule has 3 aromatic heterocycles. The molecule has 10 nitrogen and oxygen atoms in total. The largest absolute Gasteiger partial charge is 0.332 e. The van der Waals surface area contributed by atoms with Gasteiger partial charge in [-0.05, 0) is 48.2 Å². The number of anilines is 1. The Labute approximate surface area is 174 Å². The summed E-state index contributed by atoms with van der Waals surface area (Å²) in [6.07, 6.45) is 1.62. The first-order valence-electron chi connectivity index (χ1n) is 8.85. The van der Waals surface area contributed by atoms with Gasteiger partial charge in [-0.25, -0.2) is 9.78 Å². The Hall–Kier alpha value is -3.73. The average molecular weight is 423 g/mol. The number of rotatable bonds is 4. The van der Waals surface area contributed by atoms with Crippen LogP contribution in [-0.2, 0) is 21.1 Å². The van der Waals surface area contributed by atoms with Crippen molar-refractivity contribution in [3.8, 4) is 0 Å². The molecule has 1 aromatic carbocycles. The van der Waals surface area contributed by atoms with E-state index in [1.807, 2.05) is 23.7 Å². The van der Waals surface area contributed by atoms with E-state index in [2.05, 4.69) is 20.5 Å². The normalized spacial score (nSPS) is 11.0. The lowest BCUT2D eigenvalue weighted by molar-refractivity contribution is 0.102. The maximum Gasteiger partial charge on any atom is 0.332 e. The lowest BCUT2D eigenvalue weighted by atomic mass is 10.2. The fraction of sp³-hybridized carbons (Fsp3) is 0.158. The highest BCUT2D eigenvalue weighted by Gasteiger charge is 2.14. The van der Waals surface area contributed by atoms with Crippen LogP contribution in [0.2, 0.25) is 0 Å². The van der Waals surface area contributed by atoms with Crippen molar-refractivity contribution >= 4 is 34.4 Å². The van der Waals surface area contributed by atoms with Gasteiger partial charge in [0, 0.05) is 31.7 Å². The predicted octanol–water partition coefficient (Wildman–Crippen LogP) is 1.16. The third-order valence-corrected chi connectivity index (χ3v) is 5.59. The summed E-state index contributed by atoms with van der Waals surface area (Å²) in [6.45, 7) is 0. The third-order valence-electron chi connectivity index (χ3n) is 4.53. The zero-order valence-corrected chi connectivity index (χ0v) is 17.2. The van der Waals surface area contributed by atoms with Gasteiger partial charge in [-0.1, -0.05) is 0 Å². The molecule has 11 heteroatoms. The van der Waals surface area contributed by atoms with Crippen molar-refractivity contribution in [2.24, 2.45) is 21.1 Å². The maximum absolute atomic E-state index is 12.6. The Balaban J connectivity index is 1.56. The summed E-state index contributed by atoms with van der Waals surface area (Å²) >= 11 is 1.45. The van der Waals surface area contributed by atoms with E-state index in [9.17, 15) is 14.4 Å². The standard InChI is InChI=1S/C19H17N7O3S/c1-24-10-20-23-18(24)30-12-6-4-11(5-7-12)21-16(27)14-9-8-13-15(22-14)25(2)19(29)26(3)17(13)28/h4-10H,1-3H3,(H,21,27). The quantitative estimate of drug-likeness (QED) is 0.524. The highest BCUT2D eigenvalue weighted by atomic mass is 32.2. The molecule has 0 aliphatic rings. The Bertz CT molecular complexity index is 1390. The Kier molecular flexibility index (Phi) is 4.96.